The van der Waals surface area contributed by atoms with Crippen molar-refractivity contribution in [3.8, 4) is 5.75 Å². The number of methoxy groups -OCH3 is 1. The average molecular weight is 296 g/mol. The summed E-state index contributed by atoms with van der Waals surface area (Å²) in [5, 5.41) is 0. The highest BCUT2D eigenvalue weighted by Crippen LogP contribution is 2.33. The van der Waals surface area contributed by atoms with E-state index >= 15 is 0 Å². The van der Waals surface area contributed by atoms with Gasteiger partial charge in [0, 0.05) is 0 Å². The molecule has 1 aliphatic rings. The second-order valence-corrected chi connectivity index (χ2v) is 5.15. The number of benzene rings is 1. The Balaban J connectivity index is 2.00. The molecule has 0 saturated heterocycles. The number of hydrogen-bond donors (Lipinski definition) is 0. The summed E-state index contributed by atoms with van der Waals surface area (Å²) in [6, 6.07) is 9.40. The summed E-state index contributed by atoms with van der Waals surface area (Å²) in [6.07, 6.45) is 3.38. The van der Waals surface area contributed by atoms with Crippen LogP contribution in [0.2, 0.25) is 0 Å². The first kappa shape index (κ1) is 14.2. The number of ether oxygens (including phenoxy) is 2. The molecule has 1 aromatic heterocycles. The first-order valence-corrected chi connectivity index (χ1v) is 6.94. The van der Waals surface area contributed by atoms with Crippen molar-refractivity contribution in [3.05, 3.63) is 64.6 Å². The van der Waals surface area contributed by atoms with Crippen molar-refractivity contribution in [3.63, 3.8) is 0 Å². The molecule has 0 saturated carbocycles. The second kappa shape index (κ2) is 5.56. The average Bonchev–Trinajstić information content (AvgIpc) is 3.06. The minimum Gasteiger partial charge on any atom is -0.496 e. The Bertz CT molecular complexity index is 793. The molecule has 0 N–H and O–H groups in total. The molecule has 4 heteroatoms. The molecule has 0 aliphatic carbocycles. The number of cyclic esters (lactones) is 1. The molecular weight excluding hydrogens is 280 g/mol. The van der Waals surface area contributed by atoms with Crippen molar-refractivity contribution in [1.82, 2.24) is 0 Å². The van der Waals surface area contributed by atoms with Crippen LogP contribution in [0.15, 0.2) is 46.4 Å². The van der Waals surface area contributed by atoms with Crippen LogP contribution in [0.25, 0.3) is 11.8 Å². The Morgan fingerprint density at radius 3 is 2.64 bits per heavy atom. The number of carbonyl (C=O) groups excluding carboxylic acids is 1. The smallest absolute Gasteiger partial charge is 0.343 e. The summed E-state index contributed by atoms with van der Waals surface area (Å²) >= 11 is 0. The van der Waals surface area contributed by atoms with Crippen molar-refractivity contribution in [2.45, 2.75) is 13.8 Å². The van der Waals surface area contributed by atoms with E-state index in [2.05, 4.69) is 0 Å². The third kappa shape index (κ3) is 2.68. The number of aryl methyl sites for hydroxylation is 2. The van der Waals surface area contributed by atoms with Gasteiger partial charge >= 0.3 is 5.97 Å². The maximum absolute atomic E-state index is 12.0. The van der Waals surface area contributed by atoms with Gasteiger partial charge < -0.3 is 13.9 Å². The van der Waals surface area contributed by atoms with Crippen LogP contribution in [0.4, 0.5) is 0 Å². The lowest BCUT2D eigenvalue weighted by Gasteiger charge is -2.09. The van der Waals surface area contributed by atoms with Crippen LogP contribution in [0, 0.1) is 13.8 Å². The fourth-order valence-electron chi connectivity index (χ4n) is 2.32. The molecule has 2 aromatic rings. The second-order valence-electron chi connectivity index (χ2n) is 5.15. The lowest BCUT2D eigenvalue weighted by molar-refractivity contribution is -0.130. The van der Waals surface area contributed by atoms with Gasteiger partial charge in [0.2, 0.25) is 0 Å². The van der Waals surface area contributed by atoms with Crippen LogP contribution in [0.3, 0.4) is 0 Å². The van der Waals surface area contributed by atoms with E-state index in [0.29, 0.717) is 22.8 Å². The molecule has 1 aromatic carbocycles. The SMILES string of the molecule is COc1ccc(C)cc1C1=CC(=Cc2ccc(C)o2)C(=O)O1. The molecule has 1 aliphatic heterocycles. The molecule has 3 rings (SSSR count). The number of furan rings is 1. The van der Waals surface area contributed by atoms with E-state index in [1.165, 1.54) is 0 Å². The summed E-state index contributed by atoms with van der Waals surface area (Å²) in [4.78, 5) is 12.0. The van der Waals surface area contributed by atoms with Gasteiger partial charge in [0.1, 0.15) is 23.0 Å². The van der Waals surface area contributed by atoms with Gasteiger partial charge in [-0.05, 0) is 50.3 Å². The molecule has 112 valence electrons. The highest BCUT2D eigenvalue weighted by Gasteiger charge is 2.24. The van der Waals surface area contributed by atoms with Crippen molar-refractivity contribution in [1.29, 1.82) is 0 Å². The molecule has 0 radical (unpaired) electrons. The lowest BCUT2D eigenvalue weighted by Crippen LogP contribution is -1.98. The van der Waals surface area contributed by atoms with Crippen LogP contribution in [0.5, 0.6) is 5.75 Å². The van der Waals surface area contributed by atoms with Gasteiger partial charge in [0.05, 0.1) is 18.2 Å². The molecular formula is C18H16O4. The number of carbonyl (C=O) groups is 1. The minimum absolute atomic E-state index is 0.396. The molecule has 4 nitrogen and oxygen atoms in total. The van der Waals surface area contributed by atoms with E-state index in [1.807, 2.05) is 44.2 Å². The van der Waals surface area contributed by atoms with Gasteiger partial charge in [0.25, 0.3) is 0 Å². The summed E-state index contributed by atoms with van der Waals surface area (Å²) < 4.78 is 16.2. The van der Waals surface area contributed by atoms with Crippen LogP contribution in [-0.4, -0.2) is 13.1 Å². The highest BCUT2D eigenvalue weighted by atomic mass is 16.5. The van der Waals surface area contributed by atoms with Crippen molar-refractivity contribution in [2.24, 2.45) is 0 Å². The third-order valence-electron chi connectivity index (χ3n) is 3.40. The zero-order chi connectivity index (χ0) is 15.7. The predicted octanol–water partition coefficient (Wildman–Crippen LogP) is 3.89. The van der Waals surface area contributed by atoms with Crippen molar-refractivity contribution in [2.75, 3.05) is 7.11 Å². The van der Waals surface area contributed by atoms with E-state index in [4.69, 9.17) is 13.9 Å². The van der Waals surface area contributed by atoms with Crippen LogP contribution in [-0.2, 0) is 9.53 Å². The molecule has 0 amide bonds. The van der Waals surface area contributed by atoms with E-state index in [1.54, 1.807) is 19.3 Å². The normalized spacial score (nSPS) is 15.9. The van der Waals surface area contributed by atoms with Gasteiger partial charge in [-0.15, -0.1) is 0 Å². The molecule has 0 unspecified atom stereocenters. The fourth-order valence-corrected chi connectivity index (χ4v) is 2.32. The maximum Gasteiger partial charge on any atom is 0.343 e. The van der Waals surface area contributed by atoms with Crippen LogP contribution in [0.1, 0.15) is 22.6 Å². The number of esters is 1. The largest absolute Gasteiger partial charge is 0.496 e. The van der Waals surface area contributed by atoms with Crippen LogP contribution < -0.4 is 4.74 Å². The lowest BCUT2D eigenvalue weighted by atomic mass is 10.1. The summed E-state index contributed by atoms with van der Waals surface area (Å²) in [6.45, 7) is 3.83. The third-order valence-corrected chi connectivity index (χ3v) is 3.40. The molecule has 0 spiro atoms. The Labute approximate surface area is 128 Å². The van der Waals surface area contributed by atoms with Gasteiger partial charge in [-0.2, -0.15) is 0 Å². The van der Waals surface area contributed by atoms with Gasteiger partial charge in [0.15, 0.2) is 0 Å². The summed E-state index contributed by atoms with van der Waals surface area (Å²) in [5.74, 6) is 2.17. The zero-order valence-electron chi connectivity index (χ0n) is 12.7. The van der Waals surface area contributed by atoms with E-state index in [-0.39, 0.29) is 0 Å². The molecule has 0 atom stereocenters. The molecule has 22 heavy (non-hydrogen) atoms. The Morgan fingerprint density at radius 1 is 1.14 bits per heavy atom. The quantitative estimate of drug-likeness (QED) is 0.637. The first-order valence-electron chi connectivity index (χ1n) is 6.94. The van der Waals surface area contributed by atoms with Crippen LogP contribution >= 0.6 is 0 Å². The fraction of sp³-hybridized carbons (Fsp3) is 0.167. The molecule has 2 heterocycles. The van der Waals surface area contributed by atoms with E-state index in [9.17, 15) is 4.79 Å². The zero-order valence-corrected chi connectivity index (χ0v) is 12.7. The van der Waals surface area contributed by atoms with Crippen molar-refractivity contribution < 1.29 is 18.7 Å². The van der Waals surface area contributed by atoms with Gasteiger partial charge in [-0.3, -0.25) is 0 Å². The summed E-state index contributed by atoms with van der Waals surface area (Å²) in [5.41, 5.74) is 2.27. The monoisotopic (exact) mass is 296 g/mol. The Morgan fingerprint density at radius 2 is 1.95 bits per heavy atom. The minimum atomic E-state index is -0.396. The molecule has 0 fully saturated rings. The Kier molecular flexibility index (Phi) is 3.59. The van der Waals surface area contributed by atoms with E-state index < -0.39 is 5.97 Å². The standard InChI is InChI=1S/C18H16O4/c1-11-4-7-16(20-3)15(8-11)17-10-13(18(19)22-17)9-14-6-5-12(2)21-14/h4-10H,1-3H3. The van der Waals surface area contributed by atoms with Gasteiger partial charge in [-0.1, -0.05) is 11.6 Å². The van der Waals surface area contributed by atoms with Crippen molar-refractivity contribution >= 4 is 17.8 Å². The Hall–Kier alpha value is -2.75. The summed E-state index contributed by atoms with van der Waals surface area (Å²) in [7, 11) is 1.59. The number of hydrogen-bond acceptors (Lipinski definition) is 4. The number of rotatable bonds is 3. The van der Waals surface area contributed by atoms with E-state index in [0.717, 1.165) is 16.9 Å². The maximum atomic E-state index is 12.0. The highest BCUT2D eigenvalue weighted by molar-refractivity contribution is 6.05. The molecule has 0 bridgehead atoms. The first-order chi connectivity index (χ1) is 10.6. The predicted molar refractivity (Wildman–Crippen MR) is 83.2 cm³/mol. The topological polar surface area (TPSA) is 48.7 Å². The van der Waals surface area contributed by atoms with Gasteiger partial charge in [-0.25, -0.2) is 4.79 Å².